The van der Waals surface area contributed by atoms with Crippen LogP contribution in [0.15, 0.2) is 0 Å². The Morgan fingerprint density at radius 2 is 1.75 bits per heavy atom. The van der Waals surface area contributed by atoms with Gasteiger partial charge in [-0.2, -0.15) is 24.4 Å². The minimum absolute atomic E-state index is 0.552. The van der Waals surface area contributed by atoms with E-state index in [4.69, 9.17) is 0 Å². The minimum atomic E-state index is 0.552. The summed E-state index contributed by atoms with van der Waals surface area (Å²) in [5.74, 6) is 3.68. The Balaban J connectivity index is 2.28. The van der Waals surface area contributed by atoms with Crippen LogP contribution in [0.3, 0.4) is 0 Å². The van der Waals surface area contributed by atoms with Crippen LogP contribution < -0.4 is 0 Å². The van der Waals surface area contributed by atoms with E-state index in [1.807, 2.05) is 0 Å². The molecule has 0 aliphatic heterocycles. The van der Waals surface area contributed by atoms with E-state index in [1.165, 1.54) is 56.6 Å². The maximum absolute atomic E-state index is 4.62. The molecule has 96 valence electrons. The first-order chi connectivity index (χ1) is 7.68. The van der Waals surface area contributed by atoms with Gasteiger partial charge in [-0.3, -0.25) is 0 Å². The van der Waals surface area contributed by atoms with Crippen molar-refractivity contribution in [3.05, 3.63) is 0 Å². The van der Waals surface area contributed by atoms with E-state index in [0.717, 1.165) is 5.75 Å². The van der Waals surface area contributed by atoms with E-state index >= 15 is 0 Å². The number of nitrogens with zero attached hydrogens (tertiary/aromatic N) is 1. The van der Waals surface area contributed by atoms with Gasteiger partial charge in [-0.1, -0.05) is 25.7 Å². The molecule has 3 heteroatoms. The molecule has 0 aromatic heterocycles. The highest BCUT2D eigenvalue weighted by atomic mass is 32.2. The van der Waals surface area contributed by atoms with Gasteiger partial charge in [0.05, 0.1) is 0 Å². The lowest BCUT2D eigenvalue weighted by Gasteiger charge is -2.31. The normalized spacial score (nSPS) is 21.0. The average Bonchev–Trinajstić information content (AvgIpc) is 2.50. The van der Waals surface area contributed by atoms with Crippen molar-refractivity contribution < 1.29 is 0 Å². The third-order valence-corrected chi connectivity index (χ3v) is 5.55. The van der Waals surface area contributed by atoms with Gasteiger partial charge in [0, 0.05) is 12.3 Å². The zero-order valence-corrected chi connectivity index (χ0v) is 12.6. The van der Waals surface area contributed by atoms with E-state index in [0.29, 0.717) is 5.41 Å². The fourth-order valence-corrected chi connectivity index (χ4v) is 4.40. The van der Waals surface area contributed by atoms with Crippen LogP contribution in [0.2, 0.25) is 0 Å². The fourth-order valence-electron chi connectivity index (χ4n) is 2.36. The van der Waals surface area contributed by atoms with Gasteiger partial charge in [0.2, 0.25) is 0 Å². The predicted octanol–water partition coefficient (Wildman–Crippen LogP) is 3.55. The molecule has 0 aromatic rings. The summed E-state index contributed by atoms with van der Waals surface area (Å²) >= 11 is 6.75. The molecular formula is C13H27NS2. The third-order valence-electron chi connectivity index (χ3n) is 3.59. The molecular weight excluding hydrogens is 234 g/mol. The molecule has 1 saturated carbocycles. The van der Waals surface area contributed by atoms with E-state index in [2.05, 4.69) is 43.4 Å². The quantitative estimate of drug-likeness (QED) is 0.442. The number of hydrogen-bond donors (Lipinski definition) is 1. The molecule has 1 rings (SSSR count). The Morgan fingerprint density at radius 3 is 2.25 bits per heavy atom. The van der Waals surface area contributed by atoms with Crippen molar-refractivity contribution in [1.82, 2.24) is 4.90 Å². The standard InChI is InChI=1S/C13H27NS2/c1-14(2)9-10-16-12-13(11-15)7-5-3-4-6-8-13/h15H,3-12H2,1-2H3. The Morgan fingerprint density at radius 1 is 1.12 bits per heavy atom. The average molecular weight is 262 g/mol. The Kier molecular flexibility index (Phi) is 7.25. The molecule has 0 radical (unpaired) electrons. The van der Waals surface area contributed by atoms with Gasteiger partial charge in [0.15, 0.2) is 0 Å². The Labute approximate surface area is 111 Å². The van der Waals surface area contributed by atoms with Crippen molar-refractivity contribution >= 4 is 24.4 Å². The van der Waals surface area contributed by atoms with Crippen molar-refractivity contribution in [3.63, 3.8) is 0 Å². The van der Waals surface area contributed by atoms with Gasteiger partial charge in [-0.25, -0.2) is 0 Å². The van der Waals surface area contributed by atoms with Crippen LogP contribution >= 0.6 is 24.4 Å². The Hall–Kier alpha value is 0.660. The summed E-state index contributed by atoms with van der Waals surface area (Å²) in [6.07, 6.45) is 8.55. The molecule has 0 spiro atoms. The third kappa shape index (κ3) is 5.33. The molecule has 1 fully saturated rings. The first kappa shape index (κ1) is 14.7. The number of thioether (sulfide) groups is 1. The van der Waals surface area contributed by atoms with E-state index in [9.17, 15) is 0 Å². The Bertz CT molecular complexity index is 175. The number of thiol groups is 1. The smallest absolute Gasteiger partial charge is 0.00662 e. The van der Waals surface area contributed by atoms with E-state index in [1.54, 1.807) is 0 Å². The zero-order valence-electron chi connectivity index (χ0n) is 10.9. The van der Waals surface area contributed by atoms with Crippen molar-refractivity contribution in [2.24, 2.45) is 5.41 Å². The SMILES string of the molecule is CN(C)CCSCC1(CS)CCCCCC1. The molecule has 1 aliphatic carbocycles. The molecule has 1 aliphatic rings. The molecule has 1 nitrogen and oxygen atoms in total. The second-order valence-electron chi connectivity index (χ2n) is 5.43. The summed E-state index contributed by atoms with van der Waals surface area (Å²) in [6.45, 7) is 1.20. The highest BCUT2D eigenvalue weighted by Crippen LogP contribution is 2.38. The highest BCUT2D eigenvalue weighted by Gasteiger charge is 2.29. The molecule has 0 atom stereocenters. The van der Waals surface area contributed by atoms with Crippen LogP contribution in [0.25, 0.3) is 0 Å². The van der Waals surface area contributed by atoms with Gasteiger partial charge in [-0.15, -0.1) is 0 Å². The second kappa shape index (κ2) is 7.88. The predicted molar refractivity (Wildman–Crippen MR) is 79.9 cm³/mol. The van der Waals surface area contributed by atoms with Gasteiger partial charge >= 0.3 is 0 Å². The first-order valence-corrected chi connectivity index (χ1v) is 8.31. The lowest BCUT2D eigenvalue weighted by atomic mass is 9.84. The van der Waals surface area contributed by atoms with Crippen LogP contribution in [0.1, 0.15) is 38.5 Å². The minimum Gasteiger partial charge on any atom is -0.309 e. The zero-order chi connectivity index (χ0) is 11.9. The summed E-state index contributed by atoms with van der Waals surface area (Å²) in [5, 5.41) is 0. The molecule has 0 heterocycles. The van der Waals surface area contributed by atoms with E-state index < -0.39 is 0 Å². The van der Waals surface area contributed by atoms with Crippen LogP contribution in [0.4, 0.5) is 0 Å². The van der Waals surface area contributed by atoms with Gasteiger partial charge in [0.25, 0.3) is 0 Å². The molecule has 0 amide bonds. The highest BCUT2D eigenvalue weighted by molar-refractivity contribution is 7.99. The molecule has 0 saturated heterocycles. The maximum atomic E-state index is 4.62. The van der Waals surface area contributed by atoms with Crippen molar-refractivity contribution in [3.8, 4) is 0 Å². The topological polar surface area (TPSA) is 3.24 Å². The summed E-state index contributed by atoms with van der Waals surface area (Å²) in [4.78, 5) is 2.27. The number of hydrogen-bond acceptors (Lipinski definition) is 3. The molecule has 16 heavy (non-hydrogen) atoms. The molecule has 0 unspecified atom stereocenters. The van der Waals surface area contributed by atoms with Crippen LogP contribution in [-0.2, 0) is 0 Å². The van der Waals surface area contributed by atoms with Crippen molar-refractivity contribution in [2.75, 3.05) is 37.9 Å². The monoisotopic (exact) mass is 261 g/mol. The summed E-state index contributed by atoms with van der Waals surface area (Å²) in [7, 11) is 4.31. The first-order valence-electron chi connectivity index (χ1n) is 6.52. The van der Waals surface area contributed by atoms with Gasteiger partial charge in [0.1, 0.15) is 0 Å². The lowest BCUT2D eigenvalue weighted by Crippen LogP contribution is -2.26. The summed E-state index contributed by atoms with van der Waals surface area (Å²) in [5.41, 5.74) is 0.552. The van der Waals surface area contributed by atoms with E-state index in [-0.39, 0.29) is 0 Å². The fraction of sp³-hybridized carbons (Fsp3) is 1.00. The van der Waals surface area contributed by atoms with Gasteiger partial charge < -0.3 is 4.90 Å². The van der Waals surface area contributed by atoms with Crippen LogP contribution in [-0.4, -0.2) is 42.8 Å². The van der Waals surface area contributed by atoms with Gasteiger partial charge in [-0.05, 0) is 43.9 Å². The number of rotatable bonds is 6. The summed E-state index contributed by atoms with van der Waals surface area (Å²) in [6, 6.07) is 0. The molecule has 0 aromatic carbocycles. The molecule has 0 bridgehead atoms. The largest absolute Gasteiger partial charge is 0.309 e. The lowest BCUT2D eigenvalue weighted by molar-refractivity contribution is 0.332. The van der Waals surface area contributed by atoms with Crippen molar-refractivity contribution in [1.29, 1.82) is 0 Å². The second-order valence-corrected chi connectivity index (χ2v) is 6.85. The van der Waals surface area contributed by atoms with Crippen LogP contribution in [0, 0.1) is 5.41 Å². The van der Waals surface area contributed by atoms with Crippen molar-refractivity contribution in [2.45, 2.75) is 38.5 Å². The molecule has 0 N–H and O–H groups in total. The van der Waals surface area contributed by atoms with Crippen LogP contribution in [0.5, 0.6) is 0 Å². The summed E-state index contributed by atoms with van der Waals surface area (Å²) < 4.78 is 0. The maximum Gasteiger partial charge on any atom is 0.00662 e.